The first-order chi connectivity index (χ1) is 13.1. The number of benzene rings is 2. The van der Waals surface area contributed by atoms with Crippen LogP contribution < -0.4 is 14.8 Å². The molecule has 0 radical (unpaired) electrons. The molecule has 2 aromatic carbocycles. The van der Waals surface area contributed by atoms with Crippen molar-refractivity contribution in [3.05, 3.63) is 54.1 Å². The second-order valence-corrected chi connectivity index (χ2v) is 7.50. The number of hydrogen-bond acceptors (Lipinski definition) is 4. The number of hydrogen-bond donors (Lipinski definition) is 1. The molecule has 0 spiro atoms. The third-order valence-electron chi connectivity index (χ3n) is 4.79. The Morgan fingerprint density at radius 1 is 1.00 bits per heavy atom. The minimum absolute atomic E-state index is 0.0744. The lowest BCUT2D eigenvalue weighted by atomic mass is 10.0. The van der Waals surface area contributed by atoms with Crippen molar-refractivity contribution in [1.82, 2.24) is 0 Å². The average Bonchev–Trinajstić information content (AvgIpc) is 3.19. The zero-order chi connectivity index (χ0) is 19.1. The first-order valence-corrected chi connectivity index (χ1v) is 9.95. The highest BCUT2D eigenvalue weighted by Crippen LogP contribution is 2.21. The lowest BCUT2D eigenvalue weighted by Gasteiger charge is -2.17. The van der Waals surface area contributed by atoms with Crippen LogP contribution in [0.25, 0.3) is 0 Å². The molecule has 27 heavy (non-hydrogen) atoms. The molecule has 0 saturated carbocycles. The van der Waals surface area contributed by atoms with E-state index in [1.165, 1.54) is 5.56 Å². The molecule has 2 aromatic rings. The molecule has 1 aliphatic heterocycles. The summed E-state index contributed by atoms with van der Waals surface area (Å²) in [7, 11) is 0. The van der Waals surface area contributed by atoms with Gasteiger partial charge in [0, 0.05) is 12.3 Å². The van der Waals surface area contributed by atoms with E-state index in [1.54, 1.807) is 0 Å². The molecule has 3 rings (SSSR count). The Morgan fingerprint density at radius 2 is 1.70 bits per heavy atom. The molecule has 0 aromatic heterocycles. The van der Waals surface area contributed by atoms with E-state index in [1.807, 2.05) is 36.4 Å². The molecule has 4 nitrogen and oxygen atoms in total. The van der Waals surface area contributed by atoms with E-state index in [9.17, 15) is 0 Å². The third-order valence-corrected chi connectivity index (χ3v) is 4.79. The van der Waals surface area contributed by atoms with Gasteiger partial charge in [0.05, 0.1) is 12.6 Å². The Balaban J connectivity index is 1.40. The molecule has 1 N–H and O–H groups in total. The minimum atomic E-state index is 0.0744. The number of ether oxygens (including phenoxy) is 3. The zero-order valence-electron chi connectivity index (χ0n) is 16.6. The lowest BCUT2D eigenvalue weighted by Crippen LogP contribution is -2.22. The fraction of sp³-hybridized carbons (Fsp3) is 0.478. The number of nitrogens with one attached hydrogen (secondary N) is 1. The number of rotatable bonds is 9. The van der Waals surface area contributed by atoms with Crippen LogP contribution in [0.4, 0.5) is 5.69 Å². The van der Waals surface area contributed by atoms with E-state index in [0.717, 1.165) is 43.2 Å². The standard InChI is InChI=1S/C23H31NO3/c1-17(2)19-6-10-22(11-7-19)27-18(3)15-24-20-8-12-21(13-9-20)26-16-23-5-4-14-25-23/h6-13,17-18,23-24H,4-5,14-16H2,1-3H3. The summed E-state index contributed by atoms with van der Waals surface area (Å²) in [6.07, 6.45) is 2.55. The van der Waals surface area contributed by atoms with Crippen molar-refractivity contribution < 1.29 is 14.2 Å². The van der Waals surface area contributed by atoms with E-state index in [2.05, 4.69) is 38.2 Å². The van der Waals surface area contributed by atoms with Crippen LogP contribution in [0.3, 0.4) is 0 Å². The normalized spacial score (nSPS) is 17.7. The van der Waals surface area contributed by atoms with Crippen molar-refractivity contribution in [2.24, 2.45) is 0 Å². The summed E-state index contributed by atoms with van der Waals surface area (Å²) in [6.45, 7) is 8.69. The van der Waals surface area contributed by atoms with Crippen molar-refractivity contribution in [2.75, 3.05) is 25.1 Å². The Kier molecular flexibility index (Phi) is 6.99. The summed E-state index contributed by atoms with van der Waals surface area (Å²) >= 11 is 0. The maximum atomic E-state index is 5.99. The molecule has 4 heteroatoms. The van der Waals surface area contributed by atoms with Crippen molar-refractivity contribution in [3.63, 3.8) is 0 Å². The molecule has 1 aliphatic rings. The van der Waals surface area contributed by atoms with E-state index >= 15 is 0 Å². The summed E-state index contributed by atoms with van der Waals surface area (Å²) in [5, 5.41) is 3.41. The third kappa shape index (κ3) is 6.17. The van der Waals surface area contributed by atoms with Crippen molar-refractivity contribution in [3.8, 4) is 11.5 Å². The molecular formula is C23H31NO3. The van der Waals surface area contributed by atoms with Gasteiger partial charge in [-0.3, -0.25) is 0 Å². The van der Waals surface area contributed by atoms with Gasteiger partial charge in [-0.25, -0.2) is 0 Å². The fourth-order valence-corrected chi connectivity index (χ4v) is 3.10. The summed E-state index contributed by atoms with van der Waals surface area (Å²) in [5.41, 5.74) is 2.39. The van der Waals surface area contributed by atoms with Gasteiger partial charge in [0.25, 0.3) is 0 Å². The van der Waals surface area contributed by atoms with Crippen LogP contribution >= 0.6 is 0 Å². The van der Waals surface area contributed by atoms with Crippen LogP contribution in [0.15, 0.2) is 48.5 Å². The maximum absolute atomic E-state index is 5.99. The van der Waals surface area contributed by atoms with Gasteiger partial charge in [0.1, 0.15) is 24.2 Å². The zero-order valence-corrected chi connectivity index (χ0v) is 16.6. The van der Waals surface area contributed by atoms with E-state index in [0.29, 0.717) is 12.5 Å². The smallest absolute Gasteiger partial charge is 0.119 e. The lowest BCUT2D eigenvalue weighted by molar-refractivity contribution is 0.0679. The van der Waals surface area contributed by atoms with Crippen LogP contribution in [0.2, 0.25) is 0 Å². The molecule has 1 fully saturated rings. The van der Waals surface area contributed by atoms with Gasteiger partial charge in [-0.05, 0) is 67.6 Å². The van der Waals surface area contributed by atoms with Gasteiger partial charge in [0.15, 0.2) is 0 Å². The van der Waals surface area contributed by atoms with Gasteiger partial charge in [-0.2, -0.15) is 0 Å². The van der Waals surface area contributed by atoms with Crippen LogP contribution in [0, 0.1) is 0 Å². The second kappa shape index (κ2) is 9.65. The van der Waals surface area contributed by atoms with Crippen LogP contribution in [0.1, 0.15) is 45.1 Å². The molecule has 0 aliphatic carbocycles. The Hall–Kier alpha value is -2.20. The van der Waals surface area contributed by atoms with Gasteiger partial charge >= 0.3 is 0 Å². The quantitative estimate of drug-likeness (QED) is 0.655. The molecule has 2 atom stereocenters. The molecule has 2 unspecified atom stereocenters. The second-order valence-electron chi connectivity index (χ2n) is 7.50. The summed E-state index contributed by atoms with van der Waals surface area (Å²) in [4.78, 5) is 0. The molecular weight excluding hydrogens is 338 g/mol. The van der Waals surface area contributed by atoms with Gasteiger partial charge in [-0.15, -0.1) is 0 Å². The molecule has 1 heterocycles. The topological polar surface area (TPSA) is 39.7 Å². The fourth-order valence-electron chi connectivity index (χ4n) is 3.10. The summed E-state index contributed by atoms with van der Waals surface area (Å²) < 4.78 is 17.4. The number of anilines is 1. The Bertz CT molecular complexity index is 676. The van der Waals surface area contributed by atoms with E-state index in [4.69, 9.17) is 14.2 Å². The van der Waals surface area contributed by atoms with Crippen molar-refractivity contribution in [2.45, 2.75) is 51.7 Å². The Morgan fingerprint density at radius 3 is 2.33 bits per heavy atom. The summed E-state index contributed by atoms with van der Waals surface area (Å²) in [5.74, 6) is 2.33. The van der Waals surface area contributed by atoms with Gasteiger partial charge in [0.2, 0.25) is 0 Å². The highest BCUT2D eigenvalue weighted by atomic mass is 16.5. The highest BCUT2D eigenvalue weighted by Gasteiger charge is 2.15. The molecule has 1 saturated heterocycles. The predicted molar refractivity (Wildman–Crippen MR) is 110 cm³/mol. The van der Waals surface area contributed by atoms with Gasteiger partial charge < -0.3 is 19.5 Å². The Labute approximate surface area is 162 Å². The first kappa shape index (κ1) is 19.6. The van der Waals surface area contributed by atoms with Crippen LogP contribution in [-0.2, 0) is 4.74 Å². The monoisotopic (exact) mass is 369 g/mol. The summed E-state index contributed by atoms with van der Waals surface area (Å²) in [6, 6.07) is 16.4. The molecule has 146 valence electrons. The molecule has 0 bridgehead atoms. The largest absolute Gasteiger partial charge is 0.491 e. The minimum Gasteiger partial charge on any atom is -0.491 e. The SMILES string of the molecule is CC(CNc1ccc(OCC2CCCO2)cc1)Oc1ccc(C(C)C)cc1. The van der Waals surface area contributed by atoms with Crippen molar-refractivity contribution >= 4 is 5.69 Å². The van der Waals surface area contributed by atoms with Gasteiger partial charge in [-0.1, -0.05) is 26.0 Å². The van der Waals surface area contributed by atoms with Crippen LogP contribution in [0.5, 0.6) is 11.5 Å². The predicted octanol–water partition coefficient (Wildman–Crippen LogP) is 5.25. The average molecular weight is 370 g/mol. The maximum Gasteiger partial charge on any atom is 0.119 e. The van der Waals surface area contributed by atoms with E-state index in [-0.39, 0.29) is 12.2 Å². The van der Waals surface area contributed by atoms with E-state index < -0.39 is 0 Å². The van der Waals surface area contributed by atoms with Crippen LogP contribution in [-0.4, -0.2) is 32.0 Å². The van der Waals surface area contributed by atoms with Crippen molar-refractivity contribution in [1.29, 1.82) is 0 Å². The first-order valence-electron chi connectivity index (χ1n) is 9.95. The molecule has 0 amide bonds. The highest BCUT2D eigenvalue weighted by molar-refractivity contribution is 5.46.